The van der Waals surface area contributed by atoms with E-state index >= 15 is 0 Å². The Balaban J connectivity index is 3.73. The summed E-state index contributed by atoms with van der Waals surface area (Å²) in [4.78, 5) is 20.0. The van der Waals surface area contributed by atoms with Crippen molar-refractivity contribution in [3.8, 4) is 11.5 Å². The minimum Gasteiger partial charge on any atom is -0.493 e. The fraction of sp³-hybridized carbons (Fsp3) is 0.333. The molecule has 17 heavy (non-hydrogen) atoms. The Bertz CT molecular complexity index is 485. The Morgan fingerprint density at radius 3 is 1.94 bits per heavy atom. The predicted molar refractivity (Wildman–Crippen MR) is 57.6 cm³/mol. The Hall–Kier alpha value is -2.38. The molecule has 0 aliphatic rings. The third-order valence-electron chi connectivity index (χ3n) is 2.17. The zero-order valence-corrected chi connectivity index (χ0v) is 9.42. The molecule has 0 atom stereocenters. The van der Waals surface area contributed by atoms with Crippen LogP contribution < -0.4 is 9.47 Å². The first-order valence-electron chi connectivity index (χ1n) is 4.48. The summed E-state index contributed by atoms with van der Waals surface area (Å²) < 4.78 is 9.69. The summed E-state index contributed by atoms with van der Waals surface area (Å²) in [7, 11) is 2.48. The van der Waals surface area contributed by atoms with Crippen LogP contribution in [0.3, 0.4) is 0 Å². The topological polar surface area (TPSA) is 105 Å². The minimum absolute atomic E-state index is 0.0855. The highest BCUT2D eigenvalue weighted by molar-refractivity contribution is 5.70. The maximum atomic E-state index is 10.9. The van der Waals surface area contributed by atoms with E-state index < -0.39 is 21.2 Å². The normalized spacial score (nSPS) is 9.82. The van der Waals surface area contributed by atoms with E-state index in [-0.39, 0.29) is 17.1 Å². The number of methoxy groups -OCH3 is 2. The molecule has 0 spiro atoms. The van der Waals surface area contributed by atoms with Crippen LogP contribution in [-0.2, 0) is 0 Å². The lowest BCUT2D eigenvalue weighted by Crippen LogP contribution is -2.03. The number of nitrogens with zero attached hydrogens (tertiary/aromatic N) is 2. The van der Waals surface area contributed by atoms with E-state index in [0.717, 1.165) is 0 Å². The number of benzene rings is 1. The van der Waals surface area contributed by atoms with Gasteiger partial charge in [-0.25, -0.2) is 0 Å². The van der Waals surface area contributed by atoms with Gasteiger partial charge < -0.3 is 9.47 Å². The van der Waals surface area contributed by atoms with Crippen LogP contribution in [-0.4, -0.2) is 24.1 Å². The van der Waals surface area contributed by atoms with Gasteiger partial charge in [0.2, 0.25) is 5.75 Å². The van der Waals surface area contributed by atoms with Crippen molar-refractivity contribution < 1.29 is 19.3 Å². The van der Waals surface area contributed by atoms with Crippen LogP contribution in [0.15, 0.2) is 6.07 Å². The second-order valence-corrected chi connectivity index (χ2v) is 3.14. The molecule has 0 saturated heterocycles. The second kappa shape index (κ2) is 4.64. The molecule has 1 rings (SSSR count). The SMILES string of the molecule is COc1cc(C)c([N+](=O)[O-])c([N+](=O)[O-])c1OC. The van der Waals surface area contributed by atoms with Crippen molar-refractivity contribution in [1.29, 1.82) is 0 Å². The summed E-state index contributed by atoms with van der Waals surface area (Å²) in [5.41, 5.74) is -1.15. The molecule has 0 radical (unpaired) electrons. The quantitative estimate of drug-likeness (QED) is 0.589. The Kier molecular flexibility index (Phi) is 3.46. The molecule has 8 heteroatoms. The van der Waals surface area contributed by atoms with Gasteiger partial charge in [0.1, 0.15) is 0 Å². The summed E-state index contributed by atoms with van der Waals surface area (Å²) >= 11 is 0. The number of hydrogen-bond acceptors (Lipinski definition) is 6. The lowest BCUT2D eigenvalue weighted by molar-refractivity contribution is -0.423. The summed E-state index contributed by atoms with van der Waals surface area (Å²) in [6.07, 6.45) is 0. The molecule has 0 aliphatic carbocycles. The maximum Gasteiger partial charge on any atom is 0.391 e. The first-order chi connectivity index (χ1) is 7.93. The maximum absolute atomic E-state index is 10.9. The van der Waals surface area contributed by atoms with Crippen molar-refractivity contribution >= 4 is 11.4 Å². The molecule has 0 aromatic heterocycles. The van der Waals surface area contributed by atoms with E-state index in [1.54, 1.807) is 0 Å². The van der Waals surface area contributed by atoms with Gasteiger partial charge in [0, 0.05) is 5.56 Å². The lowest BCUT2D eigenvalue weighted by atomic mass is 10.1. The highest BCUT2D eigenvalue weighted by Gasteiger charge is 2.35. The van der Waals surface area contributed by atoms with Gasteiger partial charge in [-0.15, -0.1) is 0 Å². The van der Waals surface area contributed by atoms with Crippen LogP contribution in [0.25, 0.3) is 0 Å². The van der Waals surface area contributed by atoms with E-state index in [4.69, 9.17) is 9.47 Å². The monoisotopic (exact) mass is 242 g/mol. The van der Waals surface area contributed by atoms with Crippen LogP contribution in [0.1, 0.15) is 5.56 Å². The molecule has 1 aromatic carbocycles. The van der Waals surface area contributed by atoms with E-state index in [9.17, 15) is 20.2 Å². The van der Waals surface area contributed by atoms with E-state index in [1.807, 2.05) is 0 Å². The number of nitro groups is 2. The standard InChI is InChI=1S/C9H10N2O6/c1-5-4-6(16-2)9(17-3)8(11(14)15)7(5)10(12)13/h4H,1-3H3. The summed E-state index contributed by atoms with van der Waals surface area (Å²) in [6, 6.07) is 1.32. The predicted octanol–water partition coefficient (Wildman–Crippen LogP) is 1.83. The van der Waals surface area contributed by atoms with Crippen molar-refractivity contribution in [3.05, 3.63) is 31.9 Å². The van der Waals surface area contributed by atoms with Gasteiger partial charge in [-0.1, -0.05) is 0 Å². The zero-order chi connectivity index (χ0) is 13.2. The molecule has 0 aliphatic heterocycles. The van der Waals surface area contributed by atoms with Gasteiger partial charge in [-0.3, -0.25) is 20.2 Å². The molecule has 8 nitrogen and oxygen atoms in total. The van der Waals surface area contributed by atoms with Gasteiger partial charge in [0.05, 0.1) is 24.1 Å². The average Bonchev–Trinajstić information content (AvgIpc) is 2.26. The fourth-order valence-electron chi connectivity index (χ4n) is 1.49. The molecule has 0 amide bonds. The zero-order valence-electron chi connectivity index (χ0n) is 9.42. The van der Waals surface area contributed by atoms with Gasteiger partial charge in [-0.2, -0.15) is 0 Å². The number of aryl methyl sites for hydroxylation is 1. The third-order valence-corrected chi connectivity index (χ3v) is 2.17. The molecular formula is C9H10N2O6. The summed E-state index contributed by atoms with van der Waals surface area (Å²) in [5, 5.41) is 21.7. The van der Waals surface area contributed by atoms with Crippen LogP contribution in [0.4, 0.5) is 11.4 Å². The van der Waals surface area contributed by atoms with Crippen LogP contribution in [0, 0.1) is 27.2 Å². The number of rotatable bonds is 4. The first-order valence-corrected chi connectivity index (χ1v) is 4.48. The highest BCUT2D eigenvalue weighted by Crippen LogP contribution is 2.45. The number of nitro benzene ring substituents is 2. The number of hydrogen-bond donors (Lipinski definition) is 0. The van der Waals surface area contributed by atoms with Gasteiger partial charge in [-0.05, 0) is 13.0 Å². The molecule has 0 unspecified atom stereocenters. The van der Waals surface area contributed by atoms with Crippen LogP contribution in [0.2, 0.25) is 0 Å². The van der Waals surface area contributed by atoms with Gasteiger partial charge in [0.25, 0.3) is 0 Å². The highest BCUT2D eigenvalue weighted by atomic mass is 16.6. The molecule has 0 heterocycles. The van der Waals surface area contributed by atoms with Crippen molar-refractivity contribution in [3.63, 3.8) is 0 Å². The molecule has 92 valence electrons. The van der Waals surface area contributed by atoms with Crippen molar-refractivity contribution in [2.75, 3.05) is 14.2 Å². The van der Waals surface area contributed by atoms with Gasteiger partial charge >= 0.3 is 11.4 Å². The molecule has 0 N–H and O–H groups in total. The molecule has 0 bridgehead atoms. The Labute approximate surface area is 96.1 Å². The fourth-order valence-corrected chi connectivity index (χ4v) is 1.49. The Morgan fingerprint density at radius 1 is 1.06 bits per heavy atom. The van der Waals surface area contributed by atoms with Crippen molar-refractivity contribution in [2.24, 2.45) is 0 Å². The summed E-state index contributed by atoms with van der Waals surface area (Å²) in [6.45, 7) is 1.40. The van der Waals surface area contributed by atoms with E-state index in [2.05, 4.69) is 0 Å². The third kappa shape index (κ3) is 2.10. The summed E-state index contributed by atoms with van der Waals surface area (Å²) in [5.74, 6) is -0.169. The molecular weight excluding hydrogens is 232 g/mol. The van der Waals surface area contributed by atoms with E-state index in [1.165, 1.54) is 27.2 Å². The lowest BCUT2D eigenvalue weighted by Gasteiger charge is -2.09. The molecule has 0 fully saturated rings. The van der Waals surface area contributed by atoms with Crippen molar-refractivity contribution in [1.82, 2.24) is 0 Å². The second-order valence-electron chi connectivity index (χ2n) is 3.14. The largest absolute Gasteiger partial charge is 0.493 e. The molecule has 0 saturated carbocycles. The van der Waals surface area contributed by atoms with Gasteiger partial charge in [0.15, 0.2) is 5.75 Å². The molecule has 1 aromatic rings. The minimum atomic E-state index is -0.855. The Morgan fingerprint density at radius 2 is 1.59 bits per heavy atom. The first kappa shape index (κ1) is 12.7. The number of ether oxygens (including phenoxy) is 2. The smallest absolute Gasteiger partial charge is 0.391 e. The van der Waals surface area contributed by atoms with Crippen LogP contribution >= 0.6 is 0 Å². The van der Waals surface area contributed by atoms with E-state index in [0.29, 0.717) is 0 Å². The van der Waals surface area contributed by atoms with Crippen LogP contribution in [0.5, 0.6) is 11.5 Å². The van der Waals surface area contributed by atoms with Crippen molar-refractivity contribution in [2.45, 2.75) is 6.92 Å². The average molecular weight is 242 g/mol.